The average molecular weight is 324 g/mol. The first-order valence-corrected chi connectivity index (χ1v) is 7.85. The second-order valence-electron chi connectivity index (χ2n) is 4.85. The van der Waals surface area contributed by atoms with Gasteiger partial charge in [-0.25, -0.2) is 18.4 Å². The molecule has 1 aliphatic carbocycles. The minimum Gasteiger partial charge on any atom is -0.354 e. The van der Waals surface area contributed by atoms with Crippen LogP contribution in [0.5, 0.6) is 0 Å². The van der Waals surface area contributed by atoms with Gasteiger partial charge < -0.3 is 5.32 Å². The van der Waals surface area contributed by atoms with Crippen molar-refractivity contribution in [3.05, 3.63) is 12.4 Å². The Bertz CT molecular complexity index is 597. The molecular formula is C11H15F3N4O2S. The highest BCUT2D eigenvalue weighted by Gasteiger charge is 2.65. The van der Waals surface area contributed by atoms with Gasteiger partial charge in [0.25, 0.3) is 0 Å². The van der Waals surface area contributed by atoms with Gasteiger partial charge in [0.2, 0.25) is 16.0 Å². The van der Waals surface area contributed by atoms with Crippen molar-refractivity contribution >= 4 is 16.0 Å². The molecule has 0 spiro atoms. The molecule has 0 saturated heterocycles. The molecule has 1 heterocycles. The highest BCUT2D eigenvalue weighted by Crippen LogP contribution is 2.49. The molecule has 0 aromatic carbocycles. The molecule has 1 aliphatic rings. The minimum atomic E-state index is -4.61. The molecule has 0 radical (unpaired) electrons. The van der Waals surface area contributed by atoms with Gasteiger partial charge in [-0.3, -0.25) is 0 Å². The zero-order chi connectivity index (χ0) is 15.7. The Morgan fingerprint density at radius 2 is 1.86 bits per heavy atom. The van der Waals surface area contributed by atoms with Gasteiger partial charge >= 0.3 is 6.18 Å². The normalized spacial score (nSPS) is 17.5. The largest absolute Gasteiger partial charge is 0.407 e. The molecule has 1 saturated carbocycles. The molecule has 1 aromatic heterocycles. The van der Waals surface area contributed by atoms with Crippen LogP contribution >= 0.6 is 0 Å². The van der Waals surface area contributed by atoms with Crippen molar-refractivity contribution in [3.63, 3.8) is 0 Å². The van der Waals surface area contributed by atoms with Gasteiger partial charge in [-0.2, -0.15) is 17.9 Å². The lowest BCUT2D eigenvalue weighted by atomic mass is 10.3. The summed E-state index contributed by atoms with van der Waals surface area (Å²) in [4.78, 5) is 7.16. The first kappa shape index (κ1) is 16.0. The quantitative estimate of drug-likeness (QED) is 0.831. The second kappa shape index (κ2) is 5.41. The predicted octanol–water partition coefficient (Wildman–Crippen LogP) is 1.67. The summed E-state index contributed by atoms with van der Waals surface area (Å²) < 4.78 is 63.9. The molecule has 6 nitrogen and oxygen atoms in total. The van der Waals surface area contributed by atoms with Crippen molar-refractivity contribution in [2.75, 3.05) is 11.9 Å². The zero-order valence-corrected chi connectivity index (χ0v) is 12.1. The number of nitrogens with one attached hydrogen (secondary N) is 2. The maximum Gasteiger partial charge on any atom is 0.407 e. The average Bonchev–Trinajstić information content (AvgIpc) is 3.16. The van der Waals surface area contributed by atoms with Crippen LogP contribution in [0.25, 0.3) is 0 Å². The van der Waals surface area contributed by atoms with E-state index >= 15 is 0 Å². The summed E-state index contributed by atoms with van der Waals surface area (Å²) in [6.45, 7) is 2.55. The van der Waals surface area contributed by atoms with Crippen molar-refractivity contribution in [1.29, 1.82) is 0 Å². The fourth-order valence-corrected chi connectivity index (χ4v) is 3.00. The fraction of sp³-hybridized carbons (Fsp3) is 0.636. The SMILES string of the molecule is CCCNc1ncc(S(=O)(=O)NC2(C(F)(F)F)CC2)cn1. The van der Waals surface area contributed by atoms with Crippen LogP contribution in [-0.4, -0.2) is 36.6 Å². The summed E-state index contributed by atoms with van der Waals surface area (Å²) >= 11 is 0. The van der Waals surface area contributed by atoms with Gasteiger partial charge in [-0.1, -0.05) is 6.92 Å². The molecule has 10 heteroatoms. The van der Waals surface area contributed by atoms with Crippen molar-refractivity contribution in [2.24, 2.45) is 0 Å². The summed E-state index contributed by atoms with van der Waals surface area (Å²) in [5.74, 6) is 0.229. The number of aromatic nitrogens is 2. The number of hydrogen-bond donors (Lipinski definition) is 2. The fourth-order valence-electron chi connectivity index (χ4n) is 1.67. The van der Waals surface area contributed by atoms with E-state index in [0.29, 0.717) is 6.54 Å². The summed E-state index contributed by atoms with van der Waals surface area (Å²) in [5.41, 5.74) is -2.34. The molecule has 0 unspecified atom stereocenters. The van der Waals surface area contributed by atoms with Crippen molar-refractivity contribution < 1.29 is 21.6 Å². The standard InChI is InChI=1S/C11H15F3N4O2S/c1-2-5-15-9-16-6-8(7-17-9)21(19,20)18-10(3-4-10)11(12,13)14/h6-7,18H,2-5H2,1H3,(H,15,16,17). The Morgan fingerprint density at radius 3 is 2.29 bits per heavy atom. The minimum absolute atomic E-state index is 0.229. The van der Waals surface area contributed by atoms with Crippen LogP contribution in [0.1, 0.15) is 26.2 Å². The van der Waals surface area contributed by atoms with Crippen LogP contribution < -0.4 is 10.0 Å². The summed E-state index contributed by atoms with van der Waals surface area (Å²) in [6.07, 6.45) is -2.32. The Morgan fingerprint density at radius 1 is 1.29 bits per heavy atom. The number of hydrogen-bond acceptors (Lipinski definition) is 5. The van der Waals surface area contributed by atoms with Crippen LogP contribution in [0.2, 0.25) is 0 Å². The van der Waals surface area contributed by atoms with Crippen LogP contribution in [0, 0.1) is 0 Å². The van der Waals surface area contributed by atoms with Gasteiger partial charge in [0, 0.05) is 6.54 Å². The van der Waals surface area contributed by atoms with E-state index in [1.54, 1.807) is 4.72 Å². The number of alkyl halides is 3. The van der Waals surface area contributed by atoms with Crippen LogP contribution in [0.3, 0.4) is 0 Å². The second-order valence-corrected chi connectivity index (χ2v) is 6.54. The number of halogens is 3. The molecule has 2 rings (SSSR count). The van der Waals surface area contributed by atoms with Crippen molar-refractivity contribution in [2.45, 2.75) is 42.8 Å². The summed E-state index contributed by atoms with van der Waals surface area (Å²) in [7, 11) is -4.30. The first-order chi connectivity index (χ1) is 9.70. The number of rotatable bonds is 6. The number of anilines is 1. The topological polar surface area (TPSA) is 84.0 Å². The lowest BCUT2D eigenvalue weighted by molar-refractivity contribution is -0.160. The molecule has 0 bridgehead atoms. The molecule has 2 N–H and O–H groups in total. The van der Waals surface area contributed by atoms with Crippen LogP contribution in [0.15, 0.2) is 17.3 Å². The van der Waals surface area contributed by atoms with Gasteiger partial charge in [-0.05, 0) is 19.3 Å². The predicted molar refractivity (Wildman–Crippen MR) is 69.2 cm³/mol. The lowest BCUT2D eigenvalue weighted by Gasteiger charge is -2.20. The Kier molecular flexibility index (Phi) is 4.11. The van der Waals surface area contributed by atoms with Gasteiger partial charge in [0.1, 0.15) is 10.4 Å². The van der Waals surface area contributed by atoms with Gasteiger partial charge in [0.05, 0.1) is 12.4 Å². The van der Waals surface area contributed by atoms with E-state index in [4.69, 9.17) is 0 Å². The van der Waals surface area contributed by atoms with Crippen molar-refractivity contribution in [3.8, 4) is 0 Å². The van der Waals surface area contributed by atoms with Gasteiger partial charge in [0.15, 0.2) is 0 Å². The van der Waals surface area contributed by atoms with Crippen LogP contribution in [0.4, 0.5) is 19.1 Å². The number of nitrogens with zero attached hydrogens (tertiary/aromatic N) is 2. The maximum atomic E-state index is 12.8. The Hall–Kier alpha value is -1.42. The van der Waals surface area contributed by atoms with E-state index < -0.39 is 21.7 Å². The Labute approximate surface area is 120 Å². The highest BCUT2D eigenvalue weighted by atomic mass is 32.2. The summed E-state index contributed by atoms with van der Waals surface area (Å²) in [5, 5.41) is 2.84. The third kappa shape index (κ3) is 3.43. The third-order valence-corrected chi connectivity index (χ3v) is 4.58. The molecule has 0 atom stereocenters. The third-order valence-electron chi connectivity index (χ3n) is 3.09. The van der Waals surface area contributed by atoms with E-state index in [9.17, 15) is 21.6 Å². The monoisotopic (exact) mass is 324 g/mol. The molecule has 0 amide bonds. The molecule has 1 aromatic rings. The molecule has 1 fully saturated rings. The van der Waals surface area contributed by atoms with E-state index in [2.05, 4.69) is 15.3 Å². The van der Waals surface area contributed by atoms with E-state index in [1.165, 1.54) is 0 Å². The highest BCUT2D eigenvalue weighted by molar-refractivity contribution is 7.89. The molecular weight excluding hydrogens is 309 g/mol. The number of sulfonamides is 1. The van der Waals surface area contributed by atoms with E-state index in [0.717, 1.165) is 18.8 Å². The molecule has 0 aliphatic heterocycles. The lowest BCUT2D eigenvalue weighted by Crippen LogP contribution is -2.47. The van der Waals surface area contributed by atoms with Crippen molar-refractivity contribution in [1.82, 2.24) is 14.7 Å². The summed E-state index contributed by atoms with van der Waals surface area (Å²) in [6, 6.07) is 0. The maximum absolute atomic E-state index is 12.8. The van der Waals surface area contributed by atoms with E-state index in [-0.39, 0.29) is 23.7 Å². The van der Waals surface area contributed by atoms with Gasteiger partial charge in [-0.15, -0.1) is 0 Å². The van der Waals surface area contributed by atoms with E-state index in [1.807, 2.05) is 6.92 Å². The Balaban J connectivity index is 2.13. The molecule has 118 valence electrons. The zero-order valence-electron chi connectivity index (χ0n) is 11.2. The smallest absolute Gasteiger partial charge is 0.354 e. The van der Waals surface area contributed by atoms with Crippen LogP contribution in [-0.2, 0) is 10.0 Å². The first-order valence-electron chi connectivity index (χ1n) is 6.37. The molecule has 21 heavy (non-hydrogen) atoms.